The third-order valence-corrected chi connectivity index (χ3v) is 4.85. The Morgan fingerprint density at radius 2 is 1.89 bits per heavy atom. The van der Waals surface area contributed by atoms with E-state index >= 15 is 0 Å². The van der Waals surface area contributed by atoms with Gasteiger partial charge in [-0.1, -0.05) is 48.0 Å². The molecule has 0 saturated carbocycles. The normalized spacial score (nSPS) is 11.4. The molecular formula is C20H14ClN5O. The molecule has 0 spiro atoms. The molecule has 7 heteroatoms. The minimum Gasteiger partial charge on any atom is -0.342 e. The van der Waals surface area contributed by atoms with Gasteiger partial charge in [0.05, 0.1) is 6.54 Å². The first kappa shape index (κ1) is 15.8. The van der Waals surface area contributed by atoms with Gasteiger partial charge < -0.3 is 9.55 Å². The van der Waals surface area contributed by atoms with Gasteiger partial charge in [0.15, 0.2) is 5.82 Å². The molecule has 1 N–H and O–H groups in total. The highest BCUT2D eigenvalue weighted by molar-refractivity contribution is 6.35. The summed E-state index contributed by atoms with van der Waals surface area (Å²) in [4.78, 5) is 20.2. The Hall–Kier alpha value is -3.38. The van der Waals surface area contributed by atoms with Crippen molar-refractivity contribution in [3.8, 4) is 11.4 Å². The topological polar surface area (TPSA) is 68.0 Å². The number of aromatic nitrogens is 5. The SMILES string of the molecule is O=c1cc(Cn2ccc3c(Cl)cccc32)[nH]c2nc(-c3ccccc3)nn12. The highest BCUT2D eigenvalue weighted by Crippen LogP contribution is 2.24. The molecule has 0 aliphatic rings. The van der Waals surface area contributed by atoms with E-state index in [0.717, 1.165) is 22.2 Å². The predicted octanol–water partition coefficient (Wildman–Crippen LogP) is 3.74. The zero-order valence-corrected chi connectivity index (χ0v) is 14.9. The van der Waals surface area contributed by atoms with Crippen LogP contribution in [-0.2, 0) is 6.54 Å². The zero-order chi connectivity index (χ0) is 18.4. The third kappa shape index (κ3) is 2.71. The van der Waals surface area contributed by atoms with Crippen molar-refractivity contribution in [2.75, 3.05) is 0 Å². The van der Waals surface area contributed by atoms with Crippen molar-refractivity contribution in [2.24, 2.45) is 0 Å². The van der Waals surface area contributed by atoms with E-state index in [4.69, 9.17) is 11.6 Å². The van der Waals surface area contributed by atoms with E-state index in [1.54, 1.807) is 6.07 Å². The highest BCUT2D eigenvalue weighted by Gasteiger charge is 2.11. The van der Waals surface area contributed by atoms with E-state index in [0.29, 0.717) is 23.2 Å². The number of halogens is 1. The first-order chi connectivity index (χ1) is 13.2. The molecule has 0 unspecified atom stereocenters. The first-order valence-corrected chi connectivity index (χ1v) is 8.84. The maximum absolute atomic E-state index is 12.5. The van der Waals surface area contributed by atoms with Crippen LogP contribution < -0.4 is 5.56 Å². The summed E-state index contributed by atoms with van der Waals surface area (Å²) < 4.78 is 3.33. The molecule has 5 rings (SSSR count). The van der Waals surface area contributed by atoms with Gasteiger partial charge >= 0.3 is 0 Å². The number of H-pyrrole nitrogens is 1. The molecule has 0 aliphatic carbocycles. The Morgan fingerprint density at radius 3 is 2.74 bits per heavy atom. The van der Waals surface area contributed by atoms with E-state index in [1.807, 2.05) is 65.4 Å². The molecule has 27 heavy (non-hydrogen) atoms. The average Bonchev–Trinajstić information content (AvgIpc) is 3.28. The average molecular weight is 376 g/mol. The van der Waals surface area contributed by atoms with Gasteiger partial charge in [0.1, 0.15) is 0 Å². The minimum absolute atomic E-state index is 0.220. The van der Waals surface area contributed by atoms with Crippen molar-refractivity contribution < 1.29 is 0 Å². The van der Waals surface area contributed by atoms with Crippen molar-refractivity contribution in [1.29, 1.82) is 0 Å². The summed E-state index contributed by atoms with van der Waals surface area (Å²) in [5, 5.41) is 6.01. The predicted molar refractivity (Wildman–Crippen MR) is 105 cm³/mol. The van der Waals surface area contributed by atoms with Gasteiger partial charge in [-0.05, 0) is 18.2 Å². The van der Waals surface area contributed by atoms with Crippen LogP contribution in [0.3, 0.4) is 0 Å². The zero-order valence-electron chi connectivity index (χ0n) is 14.1. The summed E-state index contributed by atoms with van der Waals surface area (Å²) in [7, 11) is 0. The van der Waals surface area contributed by atoms with Crippen molar-refractivity contribution in [3.05, 3.63) is 87.9 Å². The van der Waals surface area contributed by atoms with Crippen LogP contribution in [0.2, 0.25) is 5.02 Å². The maximum atomic E-state index is 12.5. The fraction of sp³-hybridized carbons (Fsp3) is 0.0500. The summed E-state index contributed by atoms with van der Waals surface area (Å²) in [6.45, 7) is 0.503. The van der Waals surface area contributed by atoms with Crippen LogP contribution in [0, 0.1) is 0 Å². The lowest BCUT2D eigenvalue weighted by Crippen LogP contribution is -2.16. The van der Waals surface area contributed by atoms with Gasteiger partial charge in [0.2, 0.25) is 5.78 Å². The maximum Gasteiger partial charge on any atom is 0.275 e. The fourth-order valence-electron chi connectivity index (χ4n) is 3.24. The number of rotatable bonds is 3. The van der Waals surface area contributed by atoms with Crippen LogP contribution in [0.1, 0.15) is 5.69 Å². The molecule has 0 bridgehead atoms. The van der Waals surface area contributed by atoms with E-state index < -0.39 is 0 Å². The number of fused-ring (bicyclic) bond motifs is 2. The smallest absolute Gasteiger partial charge is 0.275 e. The van der Waals surface area contributed by atoms with E-state index in [2.05, 4.69) is 15.1 Å². The van der Waals surface area contributed by atoms with Gasteiger partial charge in [-0.2, -0.15) is 9.50 Å². The summed E-state index contributed by atoms with van der Waals surface area (Å²) in [5.41, 5.74) is 2.40. The number of nitrogens with one attached hydrogen (secondary N) is 1. The minimum atomic E-state index is -0.220. The Morgan fingerprint density at radius 1 is 1.04 bits per heavy atom. The second-order valence-corrected chi connectivity index (χ2v) is 6.69. The largest absolute Gasteiger partial charge is 0.342 e. The Labute approximate surface area is 158 Å². The molecule has 6 nitrogen and oxygen atoms in total. The monoisotopic (exact) mass is 375 g/mol. The molecule has 132 valence electrons. The molecule has 0 saturated heterocycles. The lowest BCUT2D eigenvalue weighted by Gasteiger charge is -2.06. The number of hydrogen-bond donors (Lipinski definition) is 1. The highest BCUT2D eigenvalue weighted by atomic mass is 35.5. The number of benzene rings is 2. The first-order valence-electron chi connectivity index (χ1n) is 8.47. The fourth-order valence-corrected chi connectivity index (χ4v) is 3.47. The quantitative estimate of drug-likeness (QED) is 0.522. The van der Waals surface area contributed by atoms with Gasteiger partial charge in [-0.3, -0.25) is 4.79 Å². The molecule has 3 aromatic heterocycles. The molecule has 3 heterocycles. The molecule has 2 aromatic carbocycles. The van der Waals surface area contributed by atoms with Gasteiger partial charge in [-0.15, -0.1) is 5.10 Å². The molecule has 0 radical (unpaired) electrons. The molecule has 0 amide bonds. The summed E-state index contributed by atoms with van der Waals surface area (Å²) in [5.74, 6) is 0.935. The Bertz CT molecular complexity index is 1330. The van der Waals surface area contributed by atoms with Crippen molar-refractivity contribution in [1.82, 2.24) is 24.1 Å². The second-order valence-electron chi connectivity index (χ2n) is 6.29. The van der Waals surface area contributed by atoms with Gasteiger partial charge in [0.25, 0.3) is 5.56 Å². The third-order valence-electron chi connectivity index (χ3n) is 4.52. The van der Waals surface area contributed by atoms with E-state index in [9.17, 15) is 4.79 Å². The Balaban J connectivity index is 1.58. The van der Waals surface area contributed by atoms with E-state index in [-0.39, 0.29) is 5.56 Å². The lowest BCUT2D eigenvalue weighted by atomic mass is 10.2. The second kappa shape index (κ2) is 6.10. The number of aromatic amines is 1. The number of nitrogens with zero attached hydrogens (tertiary/aromatic N) is 4. The van der Waals surface area contributed by atoms with Crippen molar-refractivity contribution in [2.45, 2.75) is 6.54 Å². The van der Waals surface area contributed by atoms with Gasteiger partial charge in [0, 0.05) is 39.4 Å². The summed E-state index contributed by atoms with van der Waals surface area (Å²) >= 11 is 6.24. The standard InChI is InChI=1S/C20H14ClN5O/c21-16-7-4-8-17-15(16)9-10-25(17)12-14-11-18(27)26-20(22-14)23-19(24-26)13-5-2-1-3-6-13/h1-11H,12H2,(H,22,23,24). The Kier molecular flexibility index (Phi) is 3.58. The van der Waals surface area contributed by atoms with Gasteiger partial charge in [-0.25, -0.2) is 0 Å². The number of hydrogen-bond acceptors (Lipinski definition) is 3. The summed E-state index contributed by atoms with van der Waals surface area (Å²) in [6.07, 6.45) is 1.96. The van der Waals surface area contributed by atoms with Crippen LogP contribution in [0.5, 0.6) is 0 Å². The van der Waals surface area contributed by atoms with E-state index in [1.165, 1.54) is 4.52 Å². The summed E-state index contributed by atoms with van der Waals surface area (Å²) in [6, 6.07) is 18.9. The molecule has 0 fully saturated rings. The molecule has 5 aromatic rings. The molecule has 0 aliphatic heterocycles. The molecule has 0 atom stereocenters. The van der Waals surface area contributed by atoms with Crippen LogP contribution in [0.4, 0.5) is 0 Å². The van der Waals surface area contributed by atoms with Crippen molar-refractivity contribution in [3.63, 3.8) is 0 Å². The molecular weight excluding hydrogens is 362 g/mol. The van der Waals surface area contributed by atoms with Crippen molar-refractivity contribution >= 4 is 28.3 Å². The van der Waals surface area contributed by atoms with Crippen LogP contribution >= 0.6 is 11.6 Å². The van der Waals surface area contributed by atoms with Crippen LogP contribution in [0.15, 0.2) is 71.7 Å². The lowest BCUT2D eigenvalue weighted by molar-refractivity contribution is 0.789. The van der Waals surface area contributed by atoms with Crippen LogP contribution in [-0.4, -0.2) is 24.1 Å². The van der Waals surface area contributed by atoms with Crippen LogP contribution in [0.25, 0.3) is 28.1 Å².